The van der Waals surface area contributed by atoms with Gasteiger partial charge in [0.05, 0.1) is 0 Å². The number of carbonyl (C=O) groups is 1. The quantitative estimate of drug-likeness (QED) is 0.681. The molecule has 0 aliphatic heterocycles. The van der Waals surface area contributed by atoms with Crippen LogP contribution in [0.25, 0.3) is 0 Å². The molecule has 14 heavy (non-hydrogen) atoms. The second kappa shape index (κ2) is 3.91. The van der Waals surface area contributed by atoms with Gasteiger partial charge in [-0.3, -0.25) is 9.78 Å². The molecule has 0 amide bonds. The molecule has 1 heterocycles. The predicted molar refractivity (Wildman–Crippen MR) is 55.1 cm³/mol. The molecule has 2 atom stereocenters. The standard InChI is InChI=1S/C12H15NO/c1-9-8-10(9)5-6-12(14)11-4-2-3-7-13-11/h2-4,7,9-10H,5-6,8H2,1H3. The number of pyridine rings is 1. The van der Waals surface area contributed by atoms with Crippen molar-refractivity contribution in [2.75, 3.05) is 0 Å². The number of ketones is 1. The Hall–Kier alpha value is -1.18. The Morgan fingerprint density at radius 1 is 1.57 bits per heavy atom. The maximum absolute atomic E-state index is 11.6. The summed E-state index contributed by atoms with van der Waals surface area (Å²) in [5, 5.41) is 0. The van der Waals surface area contributed by atoms with Gasteiger partial charge in [0.1, 0.15) is 5.69 Å². The molecule has 1 aliphatic carbocycles. The third kappa shape index (κ3) is 2.19. The lowest BCUT2D eigenvalue weighted by molar-refractivity contribution is 0.0973. The summed E-state index contributed by atoms with van der Waals surface area (Å²) in [6.07, 6.45) is 4.67. The molecule has 1 aromatic rings. The van der Waals surface area contributed by atoms with Crippen molar-refractivity contribution in [2.45, 2.75) is 26.2 Å². The van der Waals surface area contributed by atoms with E-state index in [1.807, 2.05) is 12.1 Å². The highest BCUT2D eigenvalue weighted by molar-refractivity contribution is 5.94. The van der Waals surface area contributed by atoms with Crippen LogP contribution in [-0.4, -0.2) is 10.8 Å². The van der Waals surface area contributed by atoms with Crippen LogP contribution in [0, 0.1) is 11.8 Å². The van der Waals surface area contributed by atoms with Crippen LogP contribution in [0.2, 0.25) is 0 Å². The molecule has 0 radical (unpaired) electrons. The van der Waals surface area contributed by atoms with Crippen LogP contribution in [0.15, 0.2) is 24.4 Å². The number of Topliss-reactive ketones (excluding diaryl/α,β-unsaturated/α-hetero) is 1. The first kappa shape index (κ1) is 9.38. The van der Waals surface area contributed by atoms with E-state index in [1.165, 1.54) is 6.42 Å². The van der Waals surface area contributed by atoms with Gasteiger partial charge < -0.3 is 0 Å². The van der Waals surface area contributed by atoms with Crippen molar-refractivity contribution < 1.29 is 4.79 Å². The molecule has 0 saturated heterocycles. The number of hydrogen-bond donors (Lipinski definition) is 0. The van der Waals surface area contributed by atoms with Crippen molar-refractivity contribution in [3.8, 4) is 0 Å². The Bertz CT molecular complexity index is 320. The lowest BCUT2D eigenvalue weighted by Gasteiger charge is -1.98. The fourth-order valence-corrected chi connectivity index (χ4v) is 1.77. The fraction of sp³-hybridized carbons (Fsp3) is 0.500. The van der Waals surface area contributed by atoms with Crippen molar-refractivity contribution in [1.29, 1.82) is 0 Å². The van der Waals surface area contributed by atoms with E-state index in [4.69, 9.17) is 0 Å². The number of nitrogens with zero attached hydrogens (tertiary/aromatic N) is 1. The molecule has 1 aliphatic rings. The molecule has 74 valence electrons. The van der Waals surface area contributed by atoms with Gasteiger partial charge in [-0.1, -0.05) is 13.0 Å². The van der Waals surface area contributed by atoms with Crippen LogP contribution in [-0.2, 0) is 0 Å². The summed E-state index contributed by atoms with van der Waals surface area (Å²) in [4.78, 5) is 15.7. The molecule has 1 saturated carbocycles. The van der Waals surface area contributed by atoms with E-state index in [0.29, 0.717) is 12.1 Å². The summed E-state index contributed by atoms with van der Waals surface area (Å²) < 4.78 is 0. The van der Waals surface area contributed by atoms with Crippen LogP contribution in [0.4, 0.5) is 0 Å². The largest absolute Gasteiger partial charge is 0.292 e. The first-order valence-corrected chi connectivity index (χ1v) is 5.21. The van der Waals surface area contributed by atoms with E-state index in [0.717, 1.165) is 18.3 Å². The predicted octanol–water partition coefficient (Wildman–Crippen LogP) is 2.70. The van der Waals surface area contributed by atoms with Gasteiger partial charge in [0, 0.05) is 12.6 Å². The molecule has 1 fully saturated rings. The minimum atomic E-state index is 0.185. The lowest BCUT2D eigenvalue weighted by atomic mass is 10.1. The Balaban J connectivity index is 1.84. The van der Waals surface area contributed by atoms with Gasteiger partial charge >= 0.3 is 0 Å². The minimum Gasteiger partial charge on any atom is -0.292 e. The number of carbonyl (C=O) groups excluding carboxylic acids is 1. The molecule has 0 spiro atoms. The first-order chi connectivity index (χ1) is 6.77. The van der Waals surface area contributed by atoms with Gasteiger partial charge in [0.2, 0.25) is 0 Å². The topological polar surface area (TPSA) is 30.0 Å². The lowest BCUT2D eigenvalue weighted by Crippen LogP contribution is -2.01. The molecular weight excluding hydrogens is 174 g/mol. The maximum atomic E-state index is 11.6. The average molecular weight is 189 g/mol. The highest BCUT2D eigenvalue weighted by Gasteiger charge is 2.32. The number of rotatable bonds is 4. The molecule has 2 rings (SSSR count). The molecule has 2 heteroatoms. The number of aromatic nitrogens is 1. The van der Waals surface area contributed by atoms with Gasteiger partial charge in [-0.05, 0) is 36.8 Å². The highest BCUT2D eigenvalue weighted by Crippen LogP contribution is 2.41. The van der Waals surface area contributed by atoms with Crippen LogP contribution >= 0.6 is 0 Å². The molecular formula is C12H15NO. The zero-order valence-electron chi connectivity index (χ0n) is 8.44. The third-order valence-corrected chi connectivity index (χ3v) is 2.97. The van der Waals surface area contributed by atoms with E-state index < -0.39 is 0 Å². The Labute approximate surface area is 84.4 Å². The van der Waals surface area contributed by atoms with Crippen molar-refractivity contribution in [2.24, 2.45) is 11.8 Å². The van der Waals surface area contributed by atoms with Gasteiger partial charge in [-0.15, -0.1) is 0 Å². The van der Waals surface area contributed by atoms with Crippen LogP contribution in [0.5, 0.6) is 0 Å². The van der Waals surface area contributed by atoms with Crippen molar-refractivity contribution in [1.82, 2.24) is 4.98 Å². The van der Waals surface area contributed by atoms with Crippen LogP contribution in [0.1, 0.15) is 36.7 Å². The van der Waals surface area contributed by atoms with E-state index in [2.05, 4.69) is 11.9 Å². The van der Waals surface area contributed by atoms with Crippen molar-refractivity contribution in [3.63, 3.8) is 0 Å². The fourth-order valence-electron chi connectivity index (χ4n) is 1.77. The molecule has 0 aromatic carbocycles. The van der Waals surface area contributed by atoms with E-state index >= 15 is 0 Å². The van der Waals surface area contributed by atoms with E-state index in [-0.39, 0.29) is 5.78 Å². The molecule has 2 nitrogen and oxygen atoms in total. The summed E-state index contributed by atoms with van der Waals surface area (Å²) in [5.41, 5.74) is 0.612. The van der Waals surface area contributed by atoms with Crippen LogP contribution in [0.3, 0.4) is 0 Å². The SMILES string of the molecule is CC1CC1CCC(=O)c1ccccn1. The molecule has 0 N–H and O–H groups in total. The van der Waals surface area contributed by atoms with Crippen molar-refractivity contribution >= 4 is 5.78 Å². The Morgan fingerprint density at radius 2 is 2.36 bits per heavy atom. The first-order valence-electron chi connectivity index (χ1n) is 5.21. The summed E-state index contributed by atoms with van der Waals surface area (Å²) in [6.45, 7) is 2.25. The monoisotopic (exact) mass is 189 g/mol. The van der Waals surface area contributed by atoms with Gasteiger partial charge in [0.25, 0.3) is 0 Å². The van der Waals surface area contributed by atoms with Crippen molar-refractivity contribution in [3.05, 3.63) is 30.1 Å². The smallest absolute Gasteiger partial charge is 0.181 e. The van der Waals surface area contributed by atoms with E-state index in [9.17, 15) is 4.79 Å². The Morgan fingerprint density at radius 3 is 2.93 bits per heavy atom. The Kier molecular flexibility index (Phi) is 2.62. The van der Waals surface area contributed by atoms with Gasteiger partial charge in [-0.25, -0.2) is 0 Å². The number of hydrogen-bond acceptors (Lipinski definition) is 2. The molecule has 0 bridgehead atoms. The summed E-state index contributed by atoms with van der Waals surface area (Å²) in [5.74, 6) is 1.82. The minimum absolute atomic E-state index is 0.185. The summed E-state index contributed by atoms with van der Waals surface area (Å²) in [6, 6.07) is 5.48. The second-order valence-electron chi connectivity index (χ2n) is 4.15. The maximum Gasteiger partial charge on any atom is 0.181 e. The highest BCUT2D eigenvalue weighted by atomic mass is 16.1. The summed E-state index contributed by atoms with van der Waals surface area (Å²) >= 11 is 0. The van der Waals surface area contributed by atoms with Crippen LogP contribution < -0.4 is 0 Å². The van der Waals surface area contributed by atoms with Gasteiger partial charge in [0.15, 0.2) is 5.78 Å². The third-order valence-electron chi connectivity index (χ3n) is 2.97. The average Bonchev–Trinajstić information content (AvgIpc) is 2.92. The zero-order chi connectivity index (χ0) is 9.97. The van der Waals surface area contributed by atoms with E-state index in [1.54, 1.807) is 12.3 Å². The second-order valence-corrected chi connectivity index (χ2v) is 4.15. The van der Waals surface area contributed by atoms with Gasteiger partial charge in [-0.2, -0.15) is 0 Å². The molecule has 2 unspecified atom stereocenters. The zero-order valence-corrected chi connectivity index (χ0v) is 8.44. The normalized spacial score (nSPS) is 24.6. The molecule has 1 aromatic heterocycles. The summed E-state index contributed by atoms with van der Waals surface area (Å²) in [7, 11) is 0.